The Hall–Kier alpha value is -2.52. The third-order valence-corrected chi connectivity index (χ3v) is 5.34. The van der Waals surface area contributed by atoms with E-state index in [0.717, 1.165) is 4.88 Å². The van der Waals surface area contributed by atoms with Crippen LogP contribution in [0, 0.1) is 6.92 Å². The molecule has 0 spiro atoms. The second-order valence-electron chi connectivity index (χ2n) is 5.35. The van der Waals surface area contributed by atoms with Crippen LogP contribution < -0.4 is 20.3 Å². The molecule has 136 valence electrons. The van der Waals surface area contributed by atoms with Gasteiger partial charge < -0.3 is 19.8 Å². The van der Waals surface area contributed by atoms with E-state index in [2.05, 4.69) is 15.3 Å². The molecule has 3 aromatic rings. The Balaban J connectivity index is 1.70. The van der Waals surface area contributed by atoms with Gasteiger partial charge in [-0.2, -0.15) is 0 Å². The number of ether oxygens (including phenoxy) is 2. The molecule has 1 amide bonds. The largest absolute Gasteiger partial charge is 0.497 e. The van der Waals surface area contributed by atoms with Crippen molar-refractivity contribution in [2.75, 3.05) is 25.3 Å². The van der Waals surface area contributed by atoms with Gasteiger partial charge >= 0.3 is 0 Å². The molecule has 2 aromatic heterocycles. The highest BCUT2D eigenvalue weighted by Gasteiger charge is 2.12. The summed E-state index contributed by atoms with van der Waals surface area (Å²) in [5, 5.41) is 3.77. The quantitative estimate of drug-likeness (QED) is 0.496. The first kappa shape index (κ1) is 18.3. The Labute approximate surface area is 157 Å². The van der Waals surface area contributed by atoms with Gasteiger partial charge in [0.15, 0.2) is 5.16 Å². The number of nitrogens with one attached hydrogen (secondary N) is 2. The molecular weight excluding hydrogens is 374 g/mol. The van der Waals surface area contributed by atoms with E-state index in [-0.39, 0.29) is 17.2 Å². The summed E-state index contributed by atoms with van der Waals surface area (Å²) in [7, 11) is 3.08. The van der Waals surface area contributed by atoms with Crippen molar-refractivity contribution < 1.29 is 14.3 Å². The number of aromatic nitrogens is 2. The number of methoxy groups -OCH3 is 2. The summed E-state index contributed by atoms with van der Waals surface area (Å²) < 4.78 is 10.4. The molecule has 2 N–H and O–H groups in total. The number of nitrogens with zero attached hydrogens (tertiary/aromatic N) is 1. The van der Waals surface area contributed by atoms with Crippen LogP contribution >= 0.6 is 23.1 Å². The van der Waals surface area contributed by atoms with Crippen LogP contribution in [-0.2, 0) is 4.79 Å². The van der Waals surface area contributed by atoms with Crippen LogP contribution in [0.1, 0.15) is 4.88 Å². The molecule has 0 saturated heterocycles. The van der Waals surface area contributed by atoms with Crippen LogP contribution in [-0.4, -0.2) is 35.8 Å². The number of thioether (sulfide) groups is 1. The van der Waals surface area contributed by atoms with Crippen molar-refractivity contribution in [3.05, 3.63) is 39.5 Å². The monoisotopic (exact) mass is 391 g/mol. The number of thiophene rings is 1. The molecule has 0 unspecified atom stereocenters. The summed E-state index contributed by atoms with van der Waals surface area (Å²) in [6.45, 7) is 1.92. The number of aryl methyl sites for hydroxylation is 1. The standard InChI is InChI=1S/C17H17N3O4S2/c1-9-6-11-15(22)19-17(20-16(11)26-9)25-8-14(21)18-12-7-10(23-2)4-5-13(12)24-3/h4-7H,8H2,1-3H3,(H,18,21)(H,19,20,22). The van der Waals surface area contributed by atoms with E-state index in [1.807, 2.05) is 13.0 Å². The smallest absolute Gasteiger partial charge is 0.260 e. The molecule has 3 rings (SSSR count). The average Bonchev–Trinajstić information content (AvgIpc) is 3.01. The maximum Gasteiger partial charge on any atom is 0.260 e. The van der Waals surface area contributed by atoms with Crippen molar-refractivity contribution in [3.63, 3.8) is 0 Å². The molecule has 0 aliphatic carbocycles. The normalized spacial score (nSPS) is 10.7. The Bertz CT molecular complexity index is 1010. The van der Waals surface area contributed by atoms with E-state index in [1.54, 1.807) is 25.3 Å². The van der Waals surface area contributed by atoms with E-state index in [4.69, 9.17) is 9.47 Å². The molecule has 0 radical (unpaired) electrons. The molecule has 0 bridgehead atoms. The Morgan fingerprint density at radius 3 is 2.85 bits per heavy atom. The predicted octanol–water partition coefficient (Wildman–Crippen LogP) is 3.04. The van der Waals surface area contributed by atoms with E-state index >= 15 is 0 Å². The molecule has 0 aliphatic heterocycles. The van der Waals surface area contributed by atoms with E-state index in [1.165, 1.54) is 30.2 Å². The lowest BCUT2D eigenvalue weighted by Gasteiger charge is -2.11. The molecule has 9 heteroatoms. The van der Waals surface area contributed by atoms with E-state index in [0.29, 0.717) is 32.6 Å². The third-order valence-electron chi connectivity index (χ3n) is 3.52. The SMILES string of the molecule is COc1ccc(OC)c(NC(=O)CSc2nc3sc(C)cc3c(=O)[nH]2)c1. The number of anilines is 1. The fourth-order valence-corrected chi connectivity index (χ4v) is 3.93. The second-order valence-corrected chi connectivity index (χ2v) is 7.55. The van der Waals surface area contributed by atoms with Crippen molar-refractivity contribution in [2.24, 2.45) is 0 Å². The number of rotatable bonds is 6. The van der Waals surface area contributed by atoms with Gasteiger partial charge in [0.1, 0.15) is 16.3 Å². The fourth-order valence-electron chi connectivity index (χ4n) is 2.33. The third kappa shape index (κ3) is 4.00. The van der Waals surface area contributed by atoms with Gasteiger partial charge in [-0.3, -0.25) is 9.59 Å². The van der Waals surface area contributed by atoms with Crippen LogP contribution in [0.15, 0.2) is 34.2 Å². The predicted molar refractivity (Wildman–Crippen MR) is 104 cm³/mol. The first-order valence-electron chi connectivity index (χ1n) is 7.65. The average molecular weight is 391 g/mol. The Morgan fingerprint density at radius 2 is 2.12 bits per heavy atom. The maximum atomic E-state index is 12.3. The first-order chi connectivity index (χ1) is 12.5. The number of carbonyl (C=O) groups is 1. The lowest BCUT2D eigenvalue weighted by molar-refractivity contribution is -0.113. The first-order valence-corrected chi connectivity index (χ1v) is 9.45. The zero-order chi connectivity index (χ0) is 18.7. The topological polar surface area (TPSA) is 93.3 Å². The van der Waals surface area contributed by atoms with Crippen molar-refractivity contribution >= 4 is 44.9 Å². The van der Waals surface area contributed by atoms with Crippen molar-refractivity contribution in [1.29, 1.82) is 0 Å². The molecule has 0 aliphatic rings. The summed E-state index contributed by atoms with van der Waals surface area (Å²) >= 11 is 2.62. The molecule has 0 fully saturated rings. The number of amides is 1. The van der Waals surface area contributed by atoms with Crippen LogP contribution in [0.5, 0.6) is 11.5 Å². The number of fused-ring (bicyclic) bond motifs is 1. The molecule has 2 heterocycles. The van der Waals surface area contributed by atoms with Gasteiger partial charge in [0, 0.05) is 10.9 Å². The number of carbonyl (C=O) groups excluding carboxylic acids is 1. The van der Waals surface area contributed by atoms with E-state index < -0.39 is 0 Å². The van der Waals surface area contributed by atoms with Gasteiger partial charge in [-0.25, -0.2) is 4.98 Å². The van der Waals surface area contributed by atoms with Crippen LogP contribution in [0.3, 0.4) is 0 Å². The fraction of sp³-hybridized carbons (Fsp3) is 0.235. The van der Waals surface area contributed by atoms with Crippen LogP contribution in [0.2, 0.25) is 0 Å². The summed E-state index contributed by atoms with van der Waals surface area (Å²) in [6, 6.07) is 6.95. The van der Waals surface area contributed by atoms with Gasteiger partial charge in [0.2, 0.25) is 5.91 Å². The Morgan fingerprint density at radius 1 is 1.31 bits per heavy atom. The van der Waals surface area contributed by atoms with Crippen LogP contribution in [0.4, 0.5) is 5.69 Å². The highest BCUT2D eigenvalue weighted by Crippen LogP contribution is 2.29. The van der Waals surface area contributed by atoms with Crippen molar-refractivity contribution in [1.82, 2.24) is 9.97 Å². The van der Waals surface area contributed by atoms with Gasteiger partial charge in [-0.05, 0) is 25.1 Å². The zero-order valence-corrected chi connectivity index (χ0v) is 16.0. The number of H-pyrrole nitrogens is 1. The second kappa shape index (κ2) is 7.79. The highest BCUT2D eigenvalue weighted by molar-refractivity contribution is 7.99. The van der Waals surface area contributed by atoms with Crippen molar-refractivity contribution in [2.45, 2.75) is 12.1 Å². The van der Waals surface area contributed by atoms with Gasteiger partial charge in [0.25, 0.3) is 5.56 Å². The molecule has 26 heavy (non-hydrogen) atoms. The minimum absolute atomic E-state index is 0.0964. The minimum Gasteiger partial charge on any atom is -0.497 e. The number of hydrogen-bond acceptors (Lipinski definition) is 7. The lowest BCUT2D eigenvalue weighted by atomic mass is 10.2. The maximum absolute atomic E-state index is 12.3. The van der Waals surface area contributed by atoms with Crippen molar-refractivity contribution in [3.8, 4) is 11.5 Å². The van der Waals surface area contributed by atoms with Gasteiger partial charge in [-0.1, -0.05) is 11.8 Å². The van der Waals surface area contributed by atoms with Gasteiger partial charge in [-0.15, -0.1) is 11.3 Å². The van der Waals surface area contributed by atoms with Crippen LogP contribution in [0.25, 0.3) is 10.2 Å². The molecule has 7 nitrogen and oxygen atoms in total. The molecular formula is C17H17N3O4S2. The number of benzene rings is 1. The minimum atomic E-state index is -0.244. The summed E-state index contributed by atoms with van der Waals surface area (Å²) in [5.41, 5.74) is 0.319. The van der Waals surface area contributed by atoms with Gasteiger partial charge in [0.05, 0.1) is 31.0 Å². The molecule has 0 saturated carbocycles. The molecule has 1 aromatic carbocycles. The molecule has 0 atom stereocenters. The lowest BCUT2D eigenvalue weighted by Crippen LogP contribution is -2.16. The number of hydrogen-bond donors (Lipinski definition) is 2. The highest BCUT2D eigenvalue weighted by atomic mass is 32.2. The summed E-state index contributed by atoms with van der Waals surface area (Å²) in [5.74, 6) is 0.996. The number of aromatic amines is 1. The Kier molecular flexibility index (Phi) is 5.48. The van der Waals surface area contributed by atoms with E-state index in [9.17, 15) is 9.59 Å². The summed E-state index contributed by atoms with van der Waals surface area (Å²) in [4.78, 5) is 33.1. The zero-order valence-electron chi connectivity index (χ0n) is 14.4. The summed E-state index contributed by atoms with van der Waals surface area (Å²) in [6.07, 6.45) is 0.